The Hall–Kier alpha value is -4.05. The normalized spacial score (nSPS) is 11.7. The van der Waals surface area contributed by atoms with Crippen LogP contribution in [0.25, 0.3) is 32.2 Å². The van der Waals surface area contributed by atoms with E-state index in [1.54, 1.807) is 37.0 Å². The summed E-state index contributed by atoms with van der Waals surface area (Å²) in [7, 11) is 3.48. The topological polar surface area (TPSA) is 104 Å². The van der Waals surface area contributed by atoms with E-state index in [0.29, 0.717) is 24.4 Å². The largest absolute Gasteiger partial charge is 0.481 e. The van der Waals surface area contributed by atoms with Crippen molar-refractivity contribution < 1.29 is 4.74 Å². The Balaban J connectivity index is 1.38. The minimum absolute atomic E-state index is 0.137. The zero-order chi connectivity index (χ0) is 22.5. The summed E-state index contributed by atoms with van der Waals surface area (Å²) < 4.78 is 9.46. The lowest BCUT2D eigenvalue weighted by atomic mass is 10.1. The van der Waals surface area contributed by atoms with Crippen LogP contribution in [-0.4, -0.2) is 41.6 Å². The van der Waals surface area contributed by atoms with Gasteiger partial charge in [0.05, 0.1) is 36.3 Å². The van der Waals surface area contributed by atoms with Crippen LogP contribution in [0, 0.1) is 0 Å². The predicted octanol–water partition coefficient (Wildman–Crippen LogP) is 3.26. The van der Waals surface area contributed by atoms with Gasteiger partial charge in [-0.3, -0.25) is 9.89 Å². The van der Waals surface area contributed by atoms with Gasteiger partial charge >= 0.3 is 0 Å². The van der Waals surface area contributed by atoms with E-state index in [1.165, 1.54) is 4.68 Å². The van der Waals surface area contributed by atoms with Gasteiger partial charge in [-0.15, -0.1) is 11.3 Å². The number of aromatic amines is 1. The van der Waals surface area contributed by atoms with Crippen LogP contribution >= 0.6 is 11.3 Å². The Morgan fingerprint density at radius 2 is 2.03 bits per heavy atom. The SMILES string of the molecule is COc1ccc(Cc2nc3c(s2)c2cnn(Cc4cccc5[nH]ncc45)c(=O)c2n3C)cn1. The molecule has 0 atom stereocenters. The van der Waals surface area contributed by atoms with Crippen molar-refractivity contribution in [3.05, 3.63) is 75.4 Å². The molecule has 0 spiro atoms. The molecule has 1 aromatic carbocycles. The Bertz CT molecular complexity index is 1690. The third kappa shape index (κ3) is 3.18. The first kappa shape index (κ1) is 19.6. The highest BCUT2D eigenvalue weighted by atomic mass is 32.1. The number of benzene rings is 1. The summed E-state index contributed by atoms with van der Waals surface area (Å²) >= 11 is 1.58. The van der Waals surface area contributed by atoms with Gasteiger partial charge in [0.25, 0.3) is 5.56 Å². The van der Waals surface area contributed by atoms with Crippen molar-refractivity contribution in [3.8, 4) is 5.88 Å². The first-order valence-electron chi connectivity index (χ1n) is 10.4. The maximum Gasteiger partial charge on any atom is 0.291 e. The molecule has 0 saturated carbocycles. The first-order valence-corrected chi connectivity index (χ1v) is 11.2. The van der Waals surface area contributed by atoms with Crippen molar-refractivity contribution in [2.45, 2.75) is 13.0 Å². The fourth-order valence-corrected chi connectivity index (χ4v) is 5.30. The lowest BCUT2D eigenvalue weighted by Crippen LogP contribution is -2.24. The molecule has 0 aliphatic heterocycles. The number of aryl methyl sites for hydroxylation is 1. The molecule has 0 radical (unpaired) electrons. The number of fused-ring (bicyclic) bond motifs is 4. The maximum atomic E-state index is 13.3. The molecule has 0 fully saturated rings. The van der Waals surface area contributed by atoms with E-state index in [-0.39, 0.29) is 5.56 Å². The average Bonchev–Trinajstić information content (AvgIpc) is 3.53. The summed E-state index contributed by atoms with van der Waals surface area (Å²) in [6.45, 7) is 0.369. The zero-order valence-electron chi connectivity index (χ0n) is 17.9. The molecule has 164 valence electrons. The molecule has 0 amide bonds. The third-order valence-electron chi connectivity index (χ3n) is 5.83. The van der Waals surface area contributed by atoms with Crippen molar-refractivity contribution >= 4 is 43.5 Å². The predicted molar refractivity (Wildman–Crippen MR) is 127 cm³/mol. The molecule has 6 aromatic rings. The molecule has 0 aliphatic rings. The number of ether oxygens (including phenoxy) is 1. The molecule has 5 aromatic heterocycles. The number of methoxy groups -OCH3 is 1. The van der Waals surface area contributed by atoms with Crippen molar-refractivity contribution in [3.63, 3.8) is 0 Å². The van der Waals surface area contributed by atoms with Crippen molar-refractivity contribution in [2.24, 2.45) is 7.05 Å². The Morgan fingerprint density at radius 1 is 1.12 bits per heavy atom. The molecule has 9 nitrogen and oxygen atoms in total. The average molecular weight is 458 g/mol. The second-order valence-electron chi connectivity index (χ2n) is 7.82. The molecule has 0 saturated heterocycles. The summed E-state index contributed by atoms with van der Waals surface area (Å²) in [6, 6.07) is 9.72. The Morgan fingerprint density at radius 3 is 2.85 bits per heavy atom. The second-order valence-corrected chi connectivity index (χ2v) is 8.91. The van der Waals surface area contributed by atoms with Gasteiger partial charge in [-0.05, 0) is 17.2 Å². The van der Waals surface area contributed by atoms with Gasteiger partial charge in [-0.25, -0.2) is 14.6 Å². The van der Waals surface area contributed by atoms with E-state index < -0.39 is 0 Å². The molecular weight excluding hydrogens is 438 g/mol. The number of nitrogens with one attached hydrogen (secondary N) is 1. The van der Waals surface area contributed by atoms with Crippen LogP contribution in [0.15, 0.2) is 53.7 Å². The van der Waals surface area contributed by atoms with Gasteiger partial charge in [0.1, 0.15) is 10.5 Å². The number of H-pyrrole nitrogens is 1. The standard InChI is InChI=1S/C23H19N7O2S/c1-29-20-16(21-22(29)27-19(33-21)8-13-6-7-18(32-2)24-9-13)11-26-30(23(20)31)12-14-4-3-5-17-15(14)10-25-28-17/h3-7,9-11H,8,12H2,1-2H3,(H,25,28). The number of aromatic nitrogens is 7. The van der Waals surface area contributed by atoms with Crippen molar-refractivity contribution in [2.75, 3.05) is 7.11 Å². The van der Waals surface area contributed by atoms with E-state index >= 15 is 0 Å². The zero-order valence-corrected chi connectivity index (χ0v) is 18.8. The van der Waals surface area contributed by atoms with Gasteiger partial charge in [0.15, 0.2) is 5.65 Å². The van der Waals surface area contributed by atoms with E-state index in [0.717, 1.165) is 42.8 Å². The van der Waals surface area contributed by atoms with Gasteiger partial charge in [0, 0.05) is 36.5 Å². The molecule has 0 unspecified atom stereocenters. The van der Waals surface area contributed by atoms with Crippen LogP contribution in [0.3, 0.4) is 0 Å². The van der Waals surface area contributed by atoms with Crippen LogP contribution < -0.4 is 10.3 Å². The van der Waals surface area contributed by atoms with E-state index in [1.807, 2.05) is 41.9 Å². The molecule has 0 aliphatic carbocycles. The summed E-state index contributed by atoms with van der Waals surface area (Å²) in [5.74, 6) is 0.584. The monoisotopic (exact) mass is 457 g/mol. The van der Waals surface area contributed by atoms with Crippen molar-refractivity contribution in [1.82, 2.24) is 34.5 Å². The first-order chi connectivity index (χ1) is 16.1. The molecule has 10 heteroatoms. The van der Waals surface area contributed by atoms with E-state index in [4.69, 9.17) is 9.72 Å². The minimum Gasteiger partial charge on any atom is -0.481 e. The molecule has 0 bridgehead atoms. The highest BCUT2D eigenvalue weighted by molar-refractivity contribution is 7.19. The maximum absolute atomic E-state index is 13.3. The number of hydrogen-bond acceptors (Lipinski definition) is 7. The number of hydrogen-bond donors (Lipinski definition) is 1. The Kier molecular flexibility index (Phi) is 4.47. The number of thiazole rings is 1. The lowest BCUT2D eigenvalue weighted by Gasteiger charge is -2.07. The summed E-state index contributed by atoms with van der Waals surface area (Å²) in [6.07, 6.45) is 6.00. The smallest absolute Gasteiger partial charge is 0.291 e. The van der Waals surface area contributed by atoms with Crippen LogP contribution in [0.5, 0.6) is 5.88 Å². The third-order valence-corrected chi connectivity index (χ3v) is 6.90. The molecular formula is C23H19N7O2S. The van der Waals surface area contributed by atoms with Gasteiger partial charge < -0.3 is 9.30 Å². The van der Waals surface area contributed by atoms with Crippen LogP contribution in [-0.2, 0) is 20.0 Å². The number of pyridine rings is 1. The molecule has 1 N–H and O–H groups in total. The van der Waals surface area contributed by atoms with Crippen molar-refractivity contribution in [1.29, 1.82) is 0 Å². The van der Waals surface area contributed by atoms with Gasteiger partial charge in [-0.1, -0.05) is 18.2 Å². The fourth-order valence-electron chi connectivity index (χ4n) is 4.16. The van der Waals surface area contributed by atoms with E-state index in [9.17, 15) is 4.79 Å². The molecule has 6 rings (SSSR count). The summed E-state index contributed by atoms with van der Waals surface area (Å²) in [4.78, 5) is 22.4. The van der Waals surface area contributed by atoms with Crippen LogP contribution in [0.4, 0.5) is 0 Å². The lowest BCUT2D eigenvalue weighted by molar-refractivity contribution is 0.397. The summed E-state index contributed by atoms with van der Waals surface area (Å²) in [5.41, 5.74) is 4.23. The quantitative estimate of drug-likeness (QED) is 0.426. The second kappa shape index (κ2) is 7.52. The number of rotatable bonds is 5. The minimum atomic E-state index is -0.137. The summed E-state index contributed by atoms with van der Waals surface area (Å²) in [5, 5.41) is 14.3. The van der Waals surface area contributed by atoms with Crippen LogP contribution in [0.2, 0.25) is 0 Å². The van der Waals surface area contributed by atoms with E-state index in [2.05, 4.69) is 20.3 Å². The molecule has 33 heavy (non-hydrogen) atoms. The van der Waals surface area contributed by atoms with Gasteiger partial charge in [-0.2, -0.15) is 10.2 Å². The van der Waals surface area contributed by atoms with Crippen LogP contribution in [0.1, 0.15) is 16.1 Å². The number of nitrogens with zero attached hydrogens (tertiary/aromatic N) is 6. The molecule has 5 heterocycles. The van der Waals surface area contributed by atoms with Gasteiger partial charge in [0.2, 0.25) is 5.88 Å². The highest BCUT2D eigenvalue weighted by Gasteiger charge is 2.19. The highest BCUT2D eigenvalue weighted by Crippen LogP contribution is 2.31. The fraction of sp³-hybridized carbons (Fsp3) is 0.174. The Labute approximate surface area is 191 Å².